The van der Waals surface area contributed by atoms with Gasteiger partial charge in [0.25, 0.3) is 5.91 Å². The molecule has 1 amide bonds. The molecule has 0 radical (unpaired) electrons. The Morgan fingerprint density at radius 1 is 1.50 bits per heavy atom. The lowest BCUT2D eigenvalue weighted by Gasteiger charge is -2.05. The molecule has 0 saturated heterocycles. The predicted octanol–water partition coefficient (Wildman–Crippen LogP) is 3.36. The van der Waals surface area contributed by atoms with Crippen molar-refractivity contribution in [1.82, 2.24) is 4.98 Å². The van der Waals surface area contributed by atoms with E-state index in [2.05, 4.69) is 10.3 Å². The van der Waals surface area contributed by atoms with Crippen LogP contribution in [0.4, 0.5) is 5.69 Å². The Bertz CT molecular complexity index is 511. The molecule has 1 aromatic heterocycles. The third kappa shape index (κ3) is 2.40. The lowest BCUT2D eigenvalue weighted by molar-refractivity contribution is 0.102. The molecule has 0 unspecified atom stereocenters. The number of nitrogens with one attached hydrogen (secondary N) is 1. The Labute approximate surface area is 102 Å². The van der Waals surface area contributed by atoms with Gasteiger partial charge in [0.2, 0.25) is 0 Å². The number of aryl methyl sites for hydroxylation is 1. The van der Waals surface area contributed by atoms with E-state index < -0.39 is 0 Å². The first-order valence-corrected chi connectivity index (χ1v) is 5.94. The van der Waals surface area contributed by atoms with Gasteiger partial charge in [-0.3, -0.25) is 4.79 Å². The molecule has 0 atom stereocenters. The summed E-state index contributed by atoms with van der Waals surface area (Å²) < 4.78 is 0. The number of hydrogen-bond donors (Lipinski definition) is 1. The average molecular weight is 253 g/mol. The molecular formula is C11H9ClN2OS. The molecule has 0 spiro atoms. The standard InChI is InChI=1S/C11H9ClN2OS/c1-7-2-3-8(4-9(7)12)14-11(15)10-5-16-6-13-10/h2-6H,1H3,(H,14,15). The van der Waals surface area contributed by atoms with E-state index in [0.29, 0.717) is 16.4 Å². The van der Waals surface area contributed by atoms with Gasteiger partial charge in [0.1, 0.15) is 5.69 Å². The highest BCUT2D eigenvalue weighted by Gasteiger charge is 2.08. The maximum atomic E-state index is 11.7. The Morgan fingerprint density at radius 2 is 2.31 bits per heavy atom. The number of halogens is 1. The van der Waals surface area contributed by atoms with E-state index in [1.807, 2.05) is 19.1 Å². The summed E-state index contributed by atoms with van der Waals surface area (Å²) in [5, 5.41) is 5.07. The number of nitrogens with zero attached hydrogens (tertiary/aromatic N) is 1. The second kappa shape index (κ2) is 4.63. The molecule has 1 heterocycles. The van der Waals surface area contributed by atoms with Gasteiger partial charge in [-0.05, 0) is 24.6 Å². The lowest BCUT2D eigenvalue weighted by atomic mass is 10.2. The van der Waals surface area contributed by atoms with Crippen molar-refractivity contribution in [1.29, 1.82) is 0 Å². The molecule has 16 heavy (non-hydrogen) atoms. The summed E-state index contributed by atoms with van der Waals surface area (Å²) in [7, 11) is 0. The van der Waals surface area contributed by atoms with Crippen LogP contribution in [0, 0.1) is 6.92 Å². The van der Waals surface area contributed by atoms with Gasteiger partial charge in [0.15, 0.2) is 0 Å². The minimum Gasteiger partial charge on any atom is -0.321 e. The van der Waals surface area contributed by atoms with Crippen LogP contribution in [0.3, 0.4) is 0 Å². The van der Waals surface area contributed by atoms with Gasteiger partial charge in [-0.2, -0.15) is 0 Å². The van der Waals surface area contributed by atoms with Gasteiger partial charge in [-0.1, -0.05) is 17.7 Å². The number of benzene rings is 1. The number of amides is 1. The second-order valence-corrected chi connectivity index (χ2v) is 4.42. The molecule has 0 saturated carbocycles. The van der Waals surface area contributed by atoms with Crippen molar-refractivity contribution in [3.63, 3.8) is 0 Å². The molecule has 3 nitrogen and oxygen atoms in total. The van der Waals surface area contributed by atoms with Gasteiger partial charge in [0.05, 0.1) is 5.51 Å². The monoisotopic (exact) mass is 252 g/mol. The largest absolute Gasteiger partial charge is 0.321 e. The number of carbonyl (C=O) groups is 1. The van der Waals surface area contributed by atoms with E-state index in [1.54, 1.807) is 17.0 Å². The molecule has 0 aliphatic carbocycles. The highest BCUT2D eigenvalue weighted by molar-refractivity contribution is 7.07. The van der Waals surface area contributed by atoms with E-state index >= 15 is 0 Å². The van der Waals surface area contributed by atoms with Crippen LogP contribution in [0.2, 0.25) is 5.02 Å². The van der Waals surface area contributed by atoms with Crippen LogP contribution in [0.5, 0.6) is 0 Å². The number of rotatable bonds is 2. The summed E-state index contributed by atoms with van der Waals surface area (Å²) >= 11 is 7.34. The summed E-state index contributed by atoms with van der Waals surface area (Å²) in [6.07, 6.45) is 0. The topological polar surface area (TPSA) is 42.0 Å². The molecule has 2 aromatic rings. The highest BCUT2D eigenvalue weighted by Crippen LogP contribution is 2.20. The molecule has 1 aromatic carbocycles. The first kappa shape index (κ1) is 11.1. The molecule has 0 aliphatic heterocycles. The third-order valence-electron chi connectivity index (χ3n) is 2.09. The zero-order valence-electron chi connectivity index (χ0n) is 8.53. The second-order valence-electron chi connectivity index (χ2n) is 3.29. The molecule has 1 N–H and O–H groups in total. The van der Waals surface area contributed by atoms with E-state index in [4.69, 9.17) is 11.6 Å². The first-order chi connectivity index (χ1) is 7.66. The number of hydrogen-bond acceptors (Lipinski definition) is 3. The van der Waals surface area contributed by atoms with Crippen LogP contribution in [0.1, 0.15) is 16.1 Å². The van der Waals surface area contributed by atoms with Gasteiger partial charge < -0.3 is 5.32 Å². The number of anilines is 1. The van der Waals surface area contributed by atoms with Crippen molar-refractivity contribution in [2.45, 2.75) is 6.92 Å². The molecule has 0 aliphatic rings. The van der Waals surface area contributed by atoms with Crippen molar-refractivity contribution >= 4 is 34.5 Å². The summed E-state index contributed by atoms with van der Waals surface area (Å²) in [6.45, 7) is 1.91. The molecule has 0 fully saturated rings. The molecule has 5 heteroatoms. The first-order valence-electron chi connectivity index (χ1n) is 4.62. The smallest absolute Gasteiger partial charge is 0.275 e. The minimum atomic E-state index is -0.221. The van der Waals surface area contributed by atoms with E-state index in [9.17, 15) is 4.79 Å². The number of thiazole rings is 1. The Hall–Kier alpha value is -1.39. The summed E-state index contributed by atoms with van der Waals surface area (Å²) in [4.78, 5) is 15.6. The van der Waals surface area contributed by atoms with Crippen molar-refractivity contribution < 1.29 is 4.79 Å². The van der Waals surface area contributed by atoms with Crippen molar-refractivity contribution in [3.8, 4) is 0 Å². The fraction of sp³-hybridized carbons (Fsp3) is 0.0909. The predicted molar refractivity (Wildman–Crippen MR) is 66.3 cm³/mol. The summed E-state index contributed by atoms with van der Waals surface area (Å²) in [5.74, 6) is -0.221. The van der Waals surface area contributed by atoms with E-state index in [-0.39, 0.29) is 5.91 Å². The van der Waals surface area contributed by atoms with Crippen LogP contribution < -0.4 is 5.32 Å². The fourth-order valence-electron chi connectivity index (χ4n) is 1.19. The highest BCUT2D eigenvalue weighted by atomic mass is 35.5. The zero-order chi connectivity index (χ0) is 11.5. The number of carbonyl (C=O) groups excluding carboxylic acids is 1. The quantitative estimate of drug-likeness (QED) is 0.891. The maximum absolute atomic E-state index is 11.7. The number of aromatic nitrogens is 1. The third-order valence-corrected chi connectivity index (χ3v) is 3.09. The van der Waals surface area contributed by atoms with Crippen molar-refractivity contribution in [2.75, 3.05) is 5.32 Å². The molecule has 82 valence electrons. The Balaban J connectivity index is 2.15. The lowest BCUT2D eigenvalue weighted by Crippen LogP contribution is -2.12. The van der Waals surface area contributed by atoms with Crippen LogP contribution in [0.25, 0.3) is 0 Å². The molecule has 0 bridgehead atoms. The van der Waals surface area contributed by atoms with E-state index in [1.165, 1.54) is 11.3 Å². The van der Waals surface area contributed by atoms with Crippen molar-refractivity contribution in [2.24, 2.45) is 0 Å². The van der Waals surface area contributed by atoms with Crippen LogP contribution in [0.15, 0.2) is 29.1 Å². The van der Waals surface area contributed by atoms with Gasteiger partial charge >= 0.3 is 0 Å². The SMILES string of the molecule is Cc1ccc(NC(=O)c2cscn2)cc1Cl. The van der Waals surface area contributed by atoms with Crippen LogP contribution in [-0.2, 0) is 0 Å². The van der Waals surface area contributed by atoms with Crippen LogP contribution in [-0.4, -0.2) is 10.9 Å². The summed E-state index contributed by atoms with van der Waals surface area (Å²) in [5.41, 5.74) is 3.69. The van der Waals surface area contributed by atoms with Gasteiger partial charge in [-0.25, -0.2) is 4.98 Å². The van der Waals surface area contributed by atoms with Crippen molar-refractivity contribution in [3.05, 3.63) is 45.4 Å². The van der Waals surface area contributed by atoms with Gasteiger partial charge in [-0.15, -0.1) is 11.3 Å². The summed E-state index contributed by atoms with van der Waals surface area (Å²) in [6, 6.07) is 5.39. The zero-order valence-corrected chi connectivity index (χ0v) is 10.1. The Kier molecular flexibility index (Phi) is 3.22. The Morgan fingerprint density at radius 3 is 2.94 bits per heavy atom. The maximum Gasteiger partial charge on any atom is 0.275 e. The molecule has 2 rings (SSSR count). The minimum absolute atomic E-state index is 0.221. The fourth-order valence-corrected chi connectivity index (χ4v) is 1.90. The normalized spacial score (nSPS) is 10.1. The molecular weight excluding hydrogens is 244 g/mol. The average Bonchev–Trinajstić information content (AvgIpc) is 2.77. The van der Waals surface area contributed by atoms with Gasteiger partial charge in [0, 0.05) is 16.1 Å². The van der Waals surface area contributed by atoms with Crippen LogP contribution >= 0.6 is 22.9 Å². The van der Waals surface area contributed by atoms with E-state index in [0.717, 1.165) is 5.56 Å².